The zero-order chi connectivity index (χ0) is 19.6. The molecule has 1 atom stereocenters. The minimum atomic E-state index is -0.538. The molecule has 0 aliphatic heterocycles. The van der Waals surface area contributed by atoms with Crippen molar-refractivity contribution in [2.45, 2.75) is 39.8 Å². The number of nitrogens with zero attached hydrogens (tertiary/aromatic N) is 1. The summed E-state index contributed by atoms with van der Waals surface area (Å²) in [4.78, 5) is 2.32. The van der Waals surface area contributed by atoms with Crippen molar-refractivity contribution in [2.75, 3.05) is 26.8 Å². The molecule has 148 valence electrons. The Labute approximate surface area is 163 Å². The third kappa shape index (κ3) is 8.02. The first kappa shape index (κ1) is 21.3. The first-order valence-electron chi connectivity index (χ1n) is 9.69. The first-order chi connectivity index (χ1) is 13.0. The minimum absolute atomic E-state index is 0.276. The molecule has 0 fully saturated rings. The zero-order valence-corrected chi connectivity index (χ0v) is 17.0. The highest BCUT2D eigenvalue weighted by atomic mass is 16.5. The van der Waals surface area contributed by atoms with Crippen molar-refractivity contribution >= 4 is 0 Å². The summed E-state index contributed by atoms with van der Waals surface area (Å²) in [5, 5.41) is 10.5. The molecule has 2 rings (SSSR count). The summed E-state index contributed by atoms with van der Waals surface area (Å²) >= 11 is 0. The quantitative estimate of drug-likeness (QED) is 0.640. The number of rotatable bonds is 11. The second-order valence-corrected chi connectivity index (χ2v) is 7.55. The van der Waals surface area contributed by atoms with Crippen LogP contribution in [-0.4, -0.2) is 42.9 Å². The number of methoxy groups -OCH3 is 1. The molecule has 27 heavy (non-hydrogen) atoms. The van der Waals surface area contributed by atoms with Crippen molar-refractivity contribution in [1.29, 1.82) is 0 Å². The van der Waals surface area contributed by atoms with Gasteiger partial charge in [-0.3, -0.25) is 4.90 Å². The van der Waals surface area contributed by atoms with E-state index < -0.39 is 6.10 Å². The number of aliphatic hydroxyl groups excluding tert-OH is 1. The third-order valence-electron chi connectivity index (χ3n) is 4.48. The van der Waals surface area contributed by atoms with E-state index in [-0.39, 0.29) is 6.61 Å². The third-order valence-corrected chi connectivity index (χ3v) is 4.48. The van der Waals surface area contributed by atoms with Crippen molar-refractivity contribution in [3.05, 3.63) is 59.7 Å². The summed E-state index contributed by atoms with van der Waals surface area (Å²) in [6.45, 7) is 9.25. The van der Waals surface area contributed by atoms with Gasteiger partial charge in [0.15, 0.2) is 0 Å². The van der Waals surface area contributed by atoms with Gasteiger partial charge in [0.25, 0.3) is 0 Å². The van der Waals surface area contributed by atoms with Crippen LogP contribution in [0.3, 0.4) is 0 Å². The van der Waals surface area contributed by atoms with Crippen LogP contribution in [0.5, 0.6) is 11.5 Å². The van der Waals surface area contributed by atoms with Crippen LogP contribution < -0.4 is 9.47 Å². The van der Waals surface area contributed by atoms with Gasteiger partial charge in [0.1, 0.15) is 24.2 Å². The van der Waals surface area contributed by atoms with E-state index in [0.717, 1.165) is 31.0 Å². The molecule has 0 spiro atoms. The Hall–Kier alpha value is -2.04. The van der Waals surface area contributed by atoms with Gasteiger partial charge in [-0.1, -0.05) is 43.7 Å². The number of benzene rings is 2. The van der Waals surface area contributed by atoms with E-state index in [2.05, 4.69) is 49.9 Å². The second kappa shape index (κ2) is 11.0. The van der Waals surface area contributed by atoms with Crippen LogP contribution in [0.25, 0.3) is 0 Å². The maximum atomic E-state index is 10.5. The molecule has 0 saturated carbocycles. The summed E-state index contributed by atoms with van der Waals surface area (Å²) in [6, 6.07) is 16.0. The SMILES string of the molecule is COc1ccc(OC[C@H](O)CN(CCC(C)C)Cc2cccc(C)c2)cc1. The fraction of sp³-hybridized carbons (Fsp3) is 0.478. The van der Waals surface area contributed by atoms with Crippen LogP contribution in [0.4, 0.5) is 0 Å². The molecule has 0 bridgehead atoms. The normalized spacial score (nSPS) is 12.4. The van der Waals surface area contributed by atoms with E-state index >= 15 is 0 Å². The zero-order valence-electron chi connectivity index (χ0n) is 17.0. The standard InChI is InChI=1S/C23H33NO3/c1-18(2)12-13-24(15-20-7-5-6-19(3)14-20)16-21(25)17-27-23-10-8-22(26-4)9-11-23/h5-11,14,18,21,25H,12-13,15-17H2,1-4H3/t21-/m1/s1. The average Bonchev–Trinajstić information content (AvgIpc) is 2.65. The summed E-state index contributed by atoms with van der Waals surface area (Å²) in [5.41, 5.74) is 2.54. The Morgan fingerprint density at radius 3 is 2.37 bits per heavy atom. The van der Waals surface area contributed by atoms with Crippen LogP contribution in [0.2, 0.25) is 0 Å². The molecule has 0 radical (unpaired) electrons. The molecule has 0 aromatic heterocycles. The predicted octanol–water partition coefficient (Wildman–Crippen LogP) is 4.29. The lowest BCUT2D eigenvalue weighted by molar-refractivity contribution is 0.0639. The van der Waals surface area contributed by atoms with E-state index in [0.29, 0.717) is 12.5 Å². The molecule has 4 heteroatoms. The Bertz CT molecular complexity index is 670. The van der Waals surface area contributed by atoms with Crippen molar-refractivity contribution in [3.63, 3.8) is 0 Å². The maximum absolute atomic E-state index is 10.5. The smallest absolute Gasteiger partial charge is 0.119 e. The fourth-order valence-corrected chi connectivity index (χ4v) is 2.96. The van der Waals surface area contributed by atoms with Gasteiger partial charge >= 0.3 is 0 Å². The topological polar surface area (TPSA) is 41.9 Å². The minimum Gasteiger partial charge on any atom is -0.497 e. The Morgan fingerprint density at radius 1 is 1.04 bits per heavy atom. The number of aliphatic hydroxyl groups is 1. The van der Waals surface area contributed by atoms with Gasteiger partial charge in [0.2, 0.25) is 0 Å². The number of hydrogen-bond donors (Lipinski definition) is 1. The molecule has 0 aliphatic carbocycles. The average molecular weight is 372 g/mol. The number of ether oxygens (including phenoxy) is 2. The van der Waals surface area contributed by atoms with Gasteiger partial charge in [0, 0.05) is 13.1 Å². The van der Waals surface area contributed by atoms with E-state index in [1.54, 1.807) is 7.11 Å². The summed E-state index contributed by atoms with van der Waals surface area (Å²) in [7, 11) is 1.64. The Balaban J connectivity index is 1.89. The molecule has 1 N–H and O–H groups in total. The number of aryl methyl sites for hydroxylation is 1. The second-order valence-electron chi connectivity index (χ2n) is 7.55. The summed E-state index contributed by atoms with van der Waals surface area (Å²) in [6.07, 6.45) is 0.571. The van der Waals surface area contributed by atoms with Gasteiger partial charge in [0.05, 0.1) is 7.11 Å². The van der Waals surface area contributed by atoms with Crippen LogP contribution >= 0.6 is 0 Å². The van der Waals surface area contributed by atoms with Crippen molar-refractivity contribution in [1.82, 2.24) is 4.90 Å². The maximum Gasteiger partial charge on any atom is 0.119 e. The lowest BCUT2D eigenvalue weighted by atomic mass is 10.1. The van der Waals surface area contributed by atoms with Crippen LogP contribution in [-0.2, 0) is 6.54 Å². The summed E-state index contributed by atoms with van der Waals surface area (Å²) in [5.74, 6) is 2.17. The van der Waals surface area contributed by atoms with E-state index in [4.69, 9.17) is 9.47 Å². The highest BCUT2D eigenvalue weighted by Crippen LogP contribution is 2.17. The predicted molar refractivity (Wildman–Crippen MR) is 110 cm³/mol. The van der Waals surface area contributed by atoms with Gasteiger partial charge in [-0.15, -0.1) is 0 Å². The van der Waals surface area contributed by atoms with Crippen LogP contribution in [0, 0.1) is 12.8 Å². The van der Waals surface area contributed by atoms with Gasteiger partial charge in [-0.25, -0.2) is 0 Å². The van der Waals surface area contributed by atoms with Gasteiger partial charge in [-0.05, 0) is 55.6 Å². The molecule has 0 saturated heterocycles. The monoisotopic (exact) mass is 371 g/mol. The van der Waals surface area contributed by atoms with Gasteiger partial charge in [-0.2, -0.15) is 0 Å². The fourth-order valence-electron chi connectivity index (χ4n) is 2.96. The molecule has 2 aromatic rings. The summed E-state index contributed by atoms with van der Waals surface area (Å²) < 4.78 is 10.9. The largest absolute Gasteiger partial charge is 0.497 e. The Morgan fingerprint density at radius 2 is 1.74 bits per heavy atom. The van der Waals surface area contributed by atoms with Crippen molar-refractivity contribution in [3.8, 4) is 11.5 Å². The molecular formula is C23H33NO3. The van der Waals surface area contributed by atoms with Crippen molar-refractivity contribution in [2.24, 2.45) is 5.92 Å². The van der Waals surface area contributed by atoms with Gasteiger partial charge < -0.3 is 14.6 Å². The molecule has 0 amide bonds. The molecule has 0 heterocycles. The lowest BCUT2D eigenvalue weighted by Gasteiger charge is -2.26. The molecule has 0 aliphatic rings. The Kier molecular flexibility index (Phi) is 8.62. The molecular weight excluding hydrogens is 338 g/mol. The van der Waals surface area contributed by atoms with Crippen LogP contribution in [0.1, 0.15) is 31.4 Å². The molecule has 2 aromatic carbocycles. The van der Waals surface area contributed by atoms with Crippen LogP contribution in [0.15, 0.2) is 48.5 Å². The van der Waals surface area contributed by atoms with Crippen molar-refractivity contribution < 1.29 is 14.6 Å². The lowest BCUT2D eigenvalue weighted by Crippen LogP contribution is -2.36. The first-order valence-corrected chi connectivity index (χ1v) is 9.69. The van der Waals surface area contributed by atoms with E-state index in [1.165, 1.54) is 11.1 Å². The molecule has 4 nitrogen and oxygen atoms in total. The highest BCUT2D eigenvalue weighted by molar-refractivity contribution is 5.31. The molecule has 0 unspecified atom stereocenters. The highest BCUT2D eigenvalue weighted by Gasteiger charge is 2.14. The number of hydrogen-bond acceptors (Lipinski definition) is 4. The van der Waals surface area contributed by atoms with E-state index in [1.807, 2.05) is 24.3 Å². The van der Waals surface area contributed by atoms with E-state index in [9.17, 15) is 5.11 Å².